The standard InChI is InChI=1S/C26H36N2O7/c1-5-34-14-9-13-28(26(30)20-12-8-15-35-20)23(25(29)27-19-10-6-7-11-19)18-16-21(31-2)24(33-4)22(17-18)32-3/h8,12,15-17,19,23H,5-7,9-11,13-14H2,1-4H3,(H,27,29)/t23-/m0/s1. The van der Waals surface area contributed by atoms with Crippen molar-refractivity contribution in [3.63, 3.8) is 0 Å². The van der Waals surface area contributed by atoms with E-state index < -0.39 is 6.04 Å². The number of methoxy groups -OCH3 is 3. The van der Waals surface area contributed by atoms with Gasteiger partial charge in [0.25, 0.3) is 5.91 Å². The molecular weight excluding hydrogens is 452 g/mol. The molecule has 1 aliphatic carbocycles. The number of benzene rings is 1. The maximum Gasteiger partial charge on any atom is 0.290 e. The highest BCUT2D eigenvalue weighted by Gasteiger charge is 2.35. The van der Waals surface area contributed by atoms with Gasteiger partial charge in [0.2, 0.25) is 11.7 Å². The van der Waals surface area contributed by atoms with Crippen molar-refractivity contribution in [1.82, 2.24) is 10.2 Å². The molecule has 1 fully saturated rings. The largest absolute Gasteiger partial charge is 0.493 e. The Morgan fingerprint density at radius 2 is 1.80 bits per heavy atom. The highest BCUT2D eigenvalue weighted by Crippen LogP contribution is 2.41. The van der Waals surface area contributed by atoms with Crippen LogP contribution < -0.4 is 19.5 Å². The molecule has 0 bridgehead atoms. The molecule has 0 radical (unpaired) electrons. The third-order valence-electron chi connectivity index (χ3n) is 6.15. The van der Waals surface area contributed by atoms with Gasteiger partial charge in [-0.05, 0) is 56.0 Å². The number of amides is 2. The summed E-state index contributed by atoms with van der Waals surface area (Å²) < 4.78 is 27.4. The van der Waals surface area contributed by atoms with Gasteiger partial charge in [-0.1, -0.05) is 12.8 Å². The van der Waals surface area contributed by atoms with Crippen molar-refractivity contribution in [2.45, 2.75) is 51.1 Å². The lowest BCUT2D eigenvalue weighted by molar-refractivity contribution is -0.126. The summed E-state index contributed by atoms with van der Waals surface area (Å²) in [4.78, 5) is 28.9. The number of furan rings is 1. The second-order valence-electron chi connectivity index (χ2n) is 8.38. The van der Waals surface area contributed by atoms with E-state index in [1.54, 1.807) is 24.3 Å². The second kappa shape index (κ2) is 13.0. The summed E-state index contributed by atoms with van der Waals surface area (Å²) in [5.41, 5.74) is 0.548. The Kier molecular flexibility index (Phi) is 9.84. The molecule has 1 aromatic heterocycles. The van der Waals surface area contributed by atoms with E-state index in [2.05, 4.69) is 5.32 Å². The topological polar surface area (TPSA) is 99.5 Å². The molecule has 1 aliphatic rings. The van der Waals surface area contributed by atoms with E-state index in [0.717, 1.165) is 25.7 Å². The zero-order valence-corrected chi connectivity index (χ0v) is 21.0. The highest BCUT2D eigenvalue weighted by molar-refractivity contribution is 5.96. The predicted octanol–water partition coefficient (Wildman–Crippen LogP) is 3.97. The number of rotatable bonds is 13. The van der Waals surface area contributed by atoms with Gasteiger partial charge >= 0.3 is 0 Å². The molecule has 0 aliphatic heterocycles. The molecule has 35 heavy (non-hydrogen) atoms. The zero-order chi connectivity index (χ0) is 25.2. The Morgan fingerprint density at radius 1 is 1.11 bits per heavy atom. The van der Waals surface area contributed by atoms with Crippen LogP contribution in [0.3, 0.4) is 0 Å². The first kappa shape index (κ1) is 26.4. The monoisotopic (exact) mass is 488 g/mol. The van der Waals surface area contributed by atoms with Gasteiger partial charge in [0.05, 0.1) is 27.6 Å². The molecule has 9 nitrogen and oxygen atoms in total. The van der Waals surface area contributed by atoms with Gasteiger partial charge in [0.1, 0.15) is 6.04 Å². The van der Waals surface area contributed by atoms with Crippen LogP contribution in [0.2, 0.25) is 0 Å². The van der Waals surface area contributed by atoms with Gasteiger partial charge in [0.15, 0.2) is 17.3 Å². The minimum atomic E-state index is -0.941. The lowest BCUT2D eigenvalue weighted by Crippen LogP contribution is -2.46. The van der Waals surface area contributed by atoms with Crippen LogP contribution in [0.5, 0.6) is 17.2 Å². The quantitative estimate of drug-likeness (QED) is 0.426. The number of hydrogen-bond acceptors (Lipinski definition) is 7. The predicted molar refractivity (Wildman–Crippen MR) is 130 cm³/mol. The second-order valence-corrected chi connectivity index (χ2v) is 8.38. The summed E-state index contributed by atoms with van der Waals surface area (Å²) in [5.74, 6) is 0.733. The molecule has 192 valence electrons. The number of hydrogen-bond donors (Lipinski definition) is 1. The van der Waals surface area contributed by atoms with E-state index in [1.807, 2.05) is 6.92 Å². The molecule has 0 spiro atoms. The summed E-state index contributed by atoms with van der Waals surface area (Å²) >= 11 is 0. The van der Waals surface area contributed by atoms with Crippen molar-refractivity contribution in [3.8, 4) is 17.2 Å². The van der Waals surface area contributed by atoms with E-state index >= 15 is 0 Å². The smallest absolute Gasteiger partial charge is 0.290 e. The normalized spacial score (nSPS) is 14.4. The summed E-state index contributed by atoms with van der Waals surface area (Å²) in [5, 5.41) is 3.16. The SMILES string of the molecule is CCOCCCN(C(=O)c1ccco1)[C@H](C(=O)NC1CCCC1)c1cc(OC)c(OC)c(OC)c1. The van der Waals surface area contributed by atoms with Gasteiger partial charge in [-0.2, -0.15) is 0 Å². The van der Waals surface area contributed by atoms with Gasteiger partial charge in [0, 0.05) is 25.8 Å². The van der Waals surface area contributed by atoms with Crippen LogP contribution in [0, 0.1) is 0 Å². The minimum absolute atomic E-state index is 0.0797. The molecule has 1 aromatic carbocycles. The molecule has 0 unspecified atom stereocenters. The van der Waals surface area contributed by atoms with Crippen molar-refractivity contribution >= 4 is 11.8 Å². The third-order valence-corrected chi connectivity index (χ3v) is 6.15. The molecule has 9 heteroatoms. The van der Waals surface area contributed by atoms with Crippen LogP contribution in [0.1, 0.15) is 61.2 Å². The number of nitrogens with one attached hydrogen (secondary N) is 1. The van der Waals surface area contributed by atoms with Crippen LogP contribution in [0.25, 0.3) is 0 Å². The maximum atomic E-state index is 13.8. The molecule has 2 amide bonds. The van der Waals surface area contributed by atoms with Gasteiger partial charge < -0.3 is 33.6 Å². The van der Waals surface area contributed by atoms with Gasteiger partial charge in [-0.3, -0.25) is 9.59 Å². The Hall–Kier alpha value is -3.20. The number of carbonyl (C=O) groups is 2. The van der Waals surface area contributed by atoms with E-state index in [-0.39, 0.29) is 23.6 Å². The molecule has 3 rings (SSSR count). The first-order valence-corrected chi connectivity index (χ1v) is 12.1. The summed E-state index contributed by atoms with van der Waals surface area (Å²) in [6, 6.07) is 5.81. The number of ether oxygens (including phenoxy) is 4. The third kappa shape index (κ3) is 6.48. The van der Waals surface area contributed by atoms with E-state index in [9.17, 15) is 9.59 Å². The Bertz CT molecular complexity index is 930. The van der Waals surface area contributed by atoms with Crippen molar-refractivity contribution in [2.75, 3.05) is 41.1 Å². The van der Waals surface area contributed by atoms with Crippen LogP contribution >= 0.6 is 0 Å². The van der Waals surface area contributed by atoms with Gasteiger partial charge in [-0.15, -0.1) is 0 Å². The van der Waals surface area contributed by atoms with Crippen LogP contribution in [0.4, 0.5) is 0 Å². The fourth-order valence-electron chi connectivity index (χ4n) is 4.45. The maximum absolute atomic E-state index is 13.8. The molecule has 2 aromatic rings. The Morgan fingerprint density at radius 3 is 2.34 bits per heavy atom. The van der Waals surface area contributed by atoms with E-state index in [0.29, 0.717) is 49.0 Å². The van der Waals surface area contributed by atoms with Crippen molar-refractivity contribution < 1.29 is 33.0 Å². The van der Waals surface area contributed by atoms with E-state index in [4.69, 9.17) is 23.4 Å². The molecule has 1 saturated carbocycles. The molecule has 1 N–H and O–H groups in total. The van der Waals surface area contributed by atoms with Crippen molar-refractivity contribution in [3.05, 3.63) is 41.9 Å². The molecule has 0 saturated heterocycles. The highest BCUT2D eigenvalue weighted by atomic mass is 16.5. The summed E-state index contributed by atoms with van der Waals surface area (Å²) in [6.07, 6.45) is 5.98. The average molecular weight is 489 g/mol. The van der Waals surface area contributed by atoms with Crippen LogP contribution in [-0.4, -0.2) is 63.8 Å². The first-order chi connectivity index (χ1) is 17.0. The summed E-state index contributed by atoms with van der Waals surface area (Å²) in [6.45, 7) is 3.24. The molecular formula is C26H36N2O7. The lowest BCUT2D eigenvalue weighted by atomic mass is 10.0. The molecule has 1 atom stereocenters. The fraction of sp³-hybridized carbons (Fsp3) is 0.538. The van der Waals surface area contributed by atoms with Crippen LogP contribution in [-0.2, 0) is 9.53 Å². The van der Waals surface area contributed by atoms with E-state index in [1.165, 1.54) is 32.5 Å². The zero-order valence-electron chi connectivity index (χ0n) is 21.0. The van der Waals surface area contributed by atoms with Crippen molar-refractivity contribution in [2.24, 2.45) is 0 Å². The fourth-order valence-corrected chi connectivity index (χ4v) is 4.45. The Labute approximate surface area is 206 Å². The molecule has 1 heterocycles. The minimum Gasteiger partial charge on any atom is -0.493 e. The average Bonchev–Trinajstić information content (AvgIpc) is 3.59. The van der Waals surface area contributed by atoms with Crippen molar-refractivity contribution in [1.29, 1.82) is 0 Å². The number of carbonyl (C=O) groups excluding carboxylic acids is 2. The first-order valence-electron chi connectivity index (χ1n) is 12.1. The lowest BCUT2D eigenvalue weighted by Gasteiger charge is -2.32. The van der Waals surface area contributed by atoms with Gasteiger partial charge in [-0.25, -0.2) is 0 Å². The Balaban J connectivity index is 2.06. The summed E-state index contributed by atoms with van der Waals surface area (Å²) in [7, 11) is 4.55. The number of nitrogens with zero attached hydrogens (tertiary/aromatic N) is 1. The van der Waals surface area contributed by atoms with Crippen LogP contribution in [0.15, 0.2) is 34.9 Å².